The number of rotatable bonds is 3. The van der Waals surface area contributed by atoms with Gasteiger partial charge < -0.3 is 9.32 Å². The first-order valence-electron chi connectivity index (χ1n) is 5.67. The van der Waals surface area contributed by atoms with Crippen LogP contribution < -0.4 is 4.90 Å². The number of aromatic nitrogens is 2. The van der Waals surface area contributed by atoms with Crippen molar-refractivity contribution < 1.29 is 9.21 Å². The zero-order valence-corrected chi connectivity index (χ0v) is 11.3. The maximum absolute atomic E-state index is 12.4. The quantitative estimate of drug-likeness (QED) is 0.686. The van der Waals surface area contributed by atoms with Gasteiger partial charge in [-0.05, 0) is 23.6 Å². The number of ketones is 1. The lowest BCUT2D eigenvalue weighted by atomic mass is 10.2. The molecule has 0 saturated heterocycles. The largest absolute Gasteiger partial charge is 0.461 e. The summed E-state index contributed by atoms with van der Waals surface area (Å²) in [6, 6.07) is 5.21. The number of furan rings is 1. The molecule has 0 saturated carbocycles. The number of hydrogen-bond acceptors (Lipinski definition) is 6. The lowest BCUT2D eigenvalue weighted by molar-refractivity contribution is 0.101. The number of carbonyl (C=O) groups is 1. The summed E-state index contributed by atoms with van der Waals surface area (Å²) in [5.74, 6) is 0.585. The summed E-state index contributed by atoms with van der Waals surface area (Å²) in [4.78, 5) is 22.9. The van der Waals surface area contributed by atoms with Crippen molar-refractivity contribution >= 4 is 33.3 Å². The van der Waals surface area contributed by atoms with Crippen LogP contribution >= 0.6 is 11.3 Å². The summed E-state index contributed by atoms with van der Waals surface area (Å²) in [5.41, 5.74) is 1.16. The van der Waals surface area contributed by atoms with E-state index in [1.54, 1.807) is 17.0 Å². The molecule has 0 N–H and O–H groups in total. The van der Waals surface area contributed by atoms with Gasteiger partial charge in [0, 0.05) is 14.1 Å². The Balaban J connectivity index is 2.21. The van der Waals surface area contributed by atoms with Crippen LogP contribution in [0.4, 0.5) is 5.95 Å². The van der Waals surface area contributed by atoms with Crippen molar-refractivity contribution in [1.29, 1.82) is 0 Å². The van der Waals surface area contributed by atoms with Gasteiger partial charge in [0.05, 0.1) is 16.5 Å². The fourth-order valence-electron chi connectivity index (χ4n) is 1.73. The van der Waals surface area contributed by atoms with Crippen molar-refractivity contribution in [3.05, 3.63) is 41.3 Å². The maximum atomic E-state index is 12.4. The van der Waals surface area contributed by atoms with Gasteiger partial charge in [-0.1, -0.05) is 0 Å². The third-order valence-corrected chi connectivity index (χ3v) is 3.56. The smallest absolute Gasteiger partial charge is 0.248 e. The summed E-state index contributed by atoms with van der Waals surface area (Å²) in [6.07, 6.45) is 1.48. The lowest BCUT2D eigenvalue weighted by Crippen LogP contribution is -2.15. The molecule has 0 amide bonds. The zero-order chi connectivity index (χ0) is 13.4. The van der Waals surface area contributed by atoms with E-state index in [1.165, 1.54) is 17.6 Å². The van der Waals surface area contributed by atoms with Gasteiger partial charge in [-0.2, -0.15) is 0 Å². The molecule has 6 heteroatoms. The third kappa shape index (κ3) is 2.00. The Morgan fingerprint density at radius 3 is 2.84 bits per heavy atom. The Morgan fingerprint density at radius 1 is 1.32 bits per heavy atom. The van der Waals surface area contributed by atoms with Crippen LogP contribution in [0.3, 0.4) is 0 Å². The predicted molar refractivity (Wildman–Crippen MR) is 73.9 cm³/mol. The van der Waals surface area contributed by atoms with Crippen LogP contribution in [-0.4, -0.2) is 29.8 Å². The molecule has 5 nitrogen and oxygen atoms in total. The number of carbonyl (C=O) groups excluding carboxylic acids is 1. The number of anilines is 1. The molecule has 0 unspecified atom stereocenters. The van der Waals surface area contributed by atoms with Crippen LogP contribution in [0.1, 0.15) is 16.2 Å². The first-order chi connectivity index (χ1) is 9.16. The molecule has 0 aliphatic heterocycles. The molecule has 3 rings (SSSR count). The molecule has 0 radical (unpaired) electrons. The van der Waals surface area contributed by atoms with Crippen molar-refractivity contribution in [2.24, 2.45) is 0 Å². The van der Waals surface area contributed by atoms with Crippen LogP contribution in [0.5, 0.6) is 0 Å². The van der Waals surface area contributed by atoms with Crippen LogP contribution in [0.25, 0.3) is 10.2 Å². The zero-order valence-electron chi connectivity index (χ0n) is 10.5. The number of thiophene rings is 1. The Morgan fingerprint density at radius 2 is 2.16 bits per heavy atom. The first-order valence-corrected chi connectivity index (χ1v) is 6.55. The van der Waals surface area contributed by atoms with E-state index in [1.807, 2.05) is 25.5 Å². The van der Waals surface area contributed by atoms with Gasteiger partial charge in [0.25, 0.3) is 0 Å². The van der Waals surface area contributed by atoms with Crippen LogP contribution in [0, 0.1) is 0 Å². The highest BCUT2D eigenvalue weighted by Gasteiger charge is 2.20. The van der Waals surface area contributed by atoms with E-state index in [-0.39, 0.29) is 11.5 Å². The Kier molecular flexibility index (Phi) is 2.79. The van der Waals surface area contributed by atoms with E-state index in [2.05, 4.69) is 9.97 Å². The standard InChI is InChI=1S/C13H11N3O2S/c1-16(2)13-14-8-5-7-19-12(8)10(15-13)11(17)9-4-3-6-18-9/h3-7H,1-2H3. The number of fused-ring (bicyclic) bond motifs is 1. The van der Waals surface area contributed by atoms with Crippen molar-refractivity contribution in [3.63, 3.8) is 0 Å². The normalized spacial score (nSPS) is 10.8. The fourth-order valence-corrected chi connectivity index (χ4v) is 2.55. The molecule has 0 spiro atoms. The van der Waals surface area contributed by atoms with Crippen molar-refractivity contribution in [2.45, 2.75) is 0 Å². The fraction of sp³-hybridized carbons (Fsp3) is 0.154. The monoisotopic (exact) mass is 273 g/mol. The maximum Gasteiger partial charge on any atom is 0.248 e. The summed E-state index contributed by atoms with van der Waals surface area (Å²) in [5, 5.41) is 1.90. The van der Waals surface area contributed by atoms with Crippen molar-refractivity contribution in [1.82, 2.24) is 9.97 Å². The molecule has 0 aliphatic rings. The molecule has 3 aromatic heterocycles. The molecule has 3 heterocycles. The van der Waals surface area contributed by atoms with Gasteiger partial charge in [0.2, 0.25) is 11.7 Å². The molecule has 0 aliphatic carbocycles. The van der Waals surface area contributed by atoms with Crippen LogP contribution in [0.15, 0.2) is 34.3 Å². The van der Waals surface area contributed by atoms with E-state index in [0.29, 0.717) is 11.6 Å². The molecule has 0 atom stereocenters. The van der Waals surface area contributed by atoms with E-state index in [0.717, 1.165) is 10.2 Å². The highest BCUT2D eigenvalue weighted by atomic mass is 32.1. The second-order valence-corrected chi connectivity index (χ2v) is 5.12. The number of nitrogens with zero attached hydrogens (tertiary/aromatic N) is 3. The highest BCUT2D eigenvalue weighted by molar-refractivity contribution is 7.17. The molecular formula is C13H11N3O2S. The molecule has 96 valence electrons. The molecule has 3 aromatic rings. The van der Waals surface area contributed by atoms with Crippen LogP contribution in [0.2, 0.25) is 0 Å². The molecular weight excluding hydrogens is 262 g/mol. The summed E-state index contributed by atoms with van der Waals surface area (Å²) < 4.78 is 5.94. The van der Waals surface area contributed by atoms with Gasteiger partial charge in [-0.3, -0.25) is 4.79 Å². The topological polar surface area (TPSA) is 59.2 Å². The van der Waals surface area contributed by atoms with Gasteiger partial charge in [0.15, 0.2) is 5.76 Å². The Bertz CT molecular complexity index is 732. The summed E-state index contributed by atoms with van der Waals surface area (Å²) in [6.45, 7) is 0. The number of hydrogen-bond donors (Lipinski definition) is 0. The van der Waals surface area contributed by atoms with E-state index in [9.17, 15) is 4.79 Å². The minimum absolute atomic E-state index is 0.219. The van der Waals surface area contributed by atoms with Crippen LogP contribution in [-0.2, 0) is 0 Å². The van der Waals surface area contributed by atoms with Gasteiger partial charge in [-0.15, -0.1) is 11.3 Å². The van der Waals surface area contributed by atoms with Crippen molar-refractivity contribution in [2.75, 3.05) is 19.0 Å². The average molecular weight is 273 g/mol. The van der Waals surface area contributed by atoms with E-state index < -0.39 is 0 Å². The molecule has 0 aromatic carbocycles. The SMILES string of the molecule is CN(C)c1nc(C(=O)c2ccco2)c2sccc2n1. The summed E-state index contributed by atoms with van der Waals surface area (Å²) in [7, 11) is 3.68. The van der Waals surface area contributed by atoms with E-state index in [4.69, 9.17) is 4.42 Å². The Hall–Kier alpha value is -2.21. The van der Waals surface area contributed by atoms with Crippen molar-refractivity contribution in [3.8, 4) is 0 Å². The highest BCUT2D eigenvalue weighted by Crippen LogP contribution is 2.26. The minimum Gasteiger partial charge on any atom is -0.461 e. The van der Waals surface area contributed by atoms with E-state index >= 15 is 0 Å². The minimum atomic E-state index is -0.219. The first kappa shape index (κ1) is 11.9. The molecule has 19 heavy (non-hydrogen) atoms. The van der Waals surface area contributed by atoms with Gasteiger partial charge in [-0.25, -0.2) is 9.97 Å². The molecule has 0 fully saturated rings. The third-order valence-electron chi connectivity index (χ3n) is 2.65. The average Bonchev–Trinajstić information content (AvgIpc) is 3.07. The van der Waals surface area contributed by atoms with Gasteiger partial charge in [0.1, 0.15) is 5.69 Å². The second kappa shape index (κ2) is 4.47. The molecule has 0 bridgehead atoms. The van der Waals surface area contributed by atoms with Gasteiger partial charge >= 0.3 is 0 Å². The lowest BCUT2D eigenvalue weighted by Gasteiger charge is -2.11. The predicted octanol–water partition coefficient (Wildman–Crippen LogP) is 2.58. The summed E-state index contributed by atoms with van der Waals surface area (Å²) >= 11 is 1.45. The Labute approximate surface area is 113 Å². The second-order valence-electron chi connectivity index (χ2n) is 4.21.